The first-order chi connectivity index (χ1) is 8.80. The minimum absolute atomic E-state index is 0.144. The van der Waals surface area contributed by atoms with Crippen molar-refractivity contribution in [3.63, 3.8) is 0 Å². The largest absolute Gasteiger partial charge is 0.394 e. The van der Waals surface area contributed by atoms with Crippen molar-refractivity contribution in [2.24, 2.45) is 0 Å². The van der Waals surface area contributed by atoms with E-state index in [1.807, 2.05) is 0 Å². The normalized spacial score (nSPS) is 10.9. The third-order valence-corrected chi connectivity index (χ3v) is 2.55. The lowest BCUT2D eigenvalue weighted by Gasteiger charge is -2.24. The van der Waals surface area contributed by atoms with Crippen molar-refractivity contribution in [3.05, 3.63) is 33.9 Å². The van der Waals surface area contributed by atoms with E-state index >= 15 is 0 Å². The molecule has 0 heterocycles. The molecule has 7 nitrogen and oxygen atoms in total. The topological polar surface area (TPSA) is 104 Å². The first kappa shape index (κ1) is 14.9. The third-order valence-electron chi connectivity index (χ3n) is 2.55. The fraction of sp³-hybridized carbons (Fsp3) is 0.417. The van der Waals surface area contributed by atoms with Crippen LogP contribution in [0.1, 0.15) is 24.2 Å². The van der Waals surface area contributed by atoms with Crippen LogP contribution in [0.4, 0.5) is 11.4 Å². The molecule has 0 saturated heterocycles. The highest BCUT2D eigenvalue weighted by Crippen LogP contribution is 2.28. The molecule has 0 radical (unpaired) electrons. The van der Waals surface area contributed by atoms with E-state index in [0.29, 0.717) is 5.56 Å². The fourth-order valence-electron chi connectivity index (χ4n) is 1.49. The van der Waals surface area contributed by atoms with Gasteiger partial charge in [0.2, 0.25) is 0 Å². The van der Waals surface area contributed by atoms with E-state index < -0.39 is 10.5 Å². The number of carbonyl (C=O) groups excluding carboxylic acids is 1. The molecule has 0 bridgehead atoms. The predicted molar refractivity (Wildman–Crippen MR) is 71.3 cm³/mol. The summed E-state index contributed by atoms with van der Waals surface area (Å²) < 4.78 is 0. The van der Waals surface area contributed by atoms with Gasteiger partial charge in [-0.25, -0.2) is 0 Å². The number of rotatable bonds is 5. The number of nitrogens with one attached hydrogen (secondary N) is 2. The molecule has 0 atom stereocenters. The Kier molecular flexibility index (Phi) is 4.44. The van der Waals surface area contributed by atoms with Gasteiger partial charge in [-0.2, -0.15) is 0 Å². The average Bonchev–Trinajstić information content (AvgIpc) is 2.37. The molecule has 0 saturated carbocycles. The zero-order valence-corrected chi connectivity index (χ0v) is 11.1. The molecule has 7 heteroatoms. The van der Waals surface area contributed by atoms with Crippen LogP contribution in [0.3, 0.4) is 0 Å². The molecule has 0 fully saturated rings. The summed E-state index contributed by atoms with van der Waals surface area (Å²) in [5.74, 6) is -0.334. The van der Waals surface area contributed by atoms with Crippen LogP contribution in [0.5, 0.6) is 0 Å². The Balaban J connectivity index is 3.23. The summed E-state index contributed by atoms with van der Waals surface area (Å²) in [6.45, 7) is 3.20. The SMILES string of the molecule is CNC(=O)c1ccc([N+](=O)[O-])c(NC(C)(C)CO)c1. The van der Waals surface area contributed by atoms with Gasteiger partial charge < -0.3 is 15.7 Å². The number of amides is 1. The van der Waals surface area contributed by atoms with Crippen molar-refractivity contribution in [3.8, 4) is 0 Å². The van der Waals surface area contributed by atoms with Gasteiger partial charge in [0.1, 0.15) is 5.69 Å². The van der Waals surface area contributed by atoms with Crippen molar-refractivity contribution in [1.29, 1.82) is 0 Å². The average molecular weight is 267 g/mol. The fourth-order valence-corrected chi connectivity index (χ4v) is 1.49. The smallest absolute Gasteiger partial charge is 0.292 e. The number of aliphatic hydroxyl groups is 1. The Morgan fingerprint density at radius 2 is 2.11 bits per heavy atom. The molecule has 3 N–H and O–H groups in total. The number of nitro benzene ring substituents is 1. The highest BCUT2D eigenvalue weighted by molar-refractivity contribution is 5.95. The van der Waals surface area contributed by atoms with Crippen molar-refractivity contribution in [1.82, 2.24) is 5.32 Å². The van der Waals surface area contributed by atoms with E-state index in [-0.39, 0.29) is 23.9 Å². The Morgan fingerprint density at radius 1 is 1.47 bits per heavy atom. The Labute approximate surface area is 110 Å². The molecule has 1 aromatic rings. The second-order valence-corrected chi connectivity index (χ2v) is 4.74. The van der Waals surface area contributed by atoms with Gasteiger partial charge in [0.05, 0.1) is 17.1 Å². The second-order valence-electron chi connectivity index (χ2n) is 4.74. The Bertz CT molecular complexity index is 500. The van der Waals surface area contributed by atoms with Gasteiger partial charge in [0.15, 0.2) is 0 Å². The predicted octanol–water partition coefficient (Wildman–Crippen LogP) is 1.14. The van der Waals surface area contributed by atoms with E-state index in [0.717, 1.165) is 0 Å². The minimum atomic E-state index is -0.730. The molecule has 1 amide bonds. The summed E-state index contributed by atoms with van der Waals surface area (Å²) in [5, 5.41) is 25.5. The van der Waals surface area contributed by atoms with Crippen LogP contribution >= 0.6 is 0 Å². The molecule has 1 rings (SSSR count). The lowest BCUT2D eigenvalue weighted by Crippen LogP contribution is -2.35. The molecule has 19 heavy (non-hydrogen) atoms. The highest BCUT2D eigenvalue weighted by Gasteiger charge is 2.23. The third kappa shape index (κ3) is 3.65. The van der Waals surface area contributed by atoms with Gasteiger partial charge in [0, 0.05) is 18.7 Å². The monoisotopic (exact) mass is 267 g/mol. The molecule has 104 valence electrons. The van der Waals surface area contributed by atoms with Crippen molar-refractivity contribution >= 4 is 17.3 Å². The minimum Gasteiger partial charge on any atom is -0.394 e. The number of nitrogens with zero attached hydrogens (tertiary/aromatic N) is 1. The van der Waals surface area contributed by atoms with Crippen LogP contribution in [0.2, 0.25) is 0 Å². The molecule has 0 unspecified atom stereocenters. The van der Waals surface area contributed by atoms with Gasteiger partial charge in [-0.3, -0.25) is 14.9 Å². The molecular formula is C12H17N3O4. The van der Waals surface area contributed by atoms with Gasteiger partial charge in [-0.1, -0.05) is 0 Å². The lowest BCUT2D eigenvalue weighted by molar-refractivity contribution is -0.384. The molecule has 0 spiro atoms. The van der Waals surface area contributed by atoms with Crippen molar-refractivity contribution in [2.45, 2.75) is 19.4 Å². The van der Waals surface area contributed by atoms with E-state index in [4.69, 9.17) is 0 Å². The lowest BCUT2D eigenvalue weighted by atomic mass is 10.1. The zero-order chi connectivity index (χ0) is 14.6. The molecule has 0 aromatic heterocycles. The van der Waals surface area contributed by atoms with Crippen molar-refractivity contribution < 1.29 is 14.8 Å². The van der Waals surface area contributed by atoms with E-state index in [9.17, 15) is 20.0 Å². The quantitative estimate of drug-likeness (QED) is 0.548. The molecule has 0 aliphatic carbocycles. The number of hydrogen-bond acceptors (Lipinski definition) is 5. The number of anilines is 1. The first-order valence-electron chi connectivity index (χ1n) is 5.70. The molecule has 0 aliphatic heterocycles. The van der Waals surface area contributed by atoms with Gasteiger partial charge in [-0.15, -0.1) is 0 Å². The number of hydrogen-bond donors (Lipinski definition) is 3. The van der Waals surface area contributed by atoms with Crippen LogP contribution in [0, 0.1) is 10.1 Å². The maximum atomic E-state index is 11.5. The number of benzene rings is 1. The second kappa shape index (κ2) is 5.66. The van der Waals surface area contributed by atoms with Gasteiger partial charge in [0.25, 0.3) is 11.6 Å². The van der Waals surface area contributed by atoms with E-state index in [2.05, 4.69) is 10.6 Å². The van der Waals surface area contributed by atoms with Crippen LogP contribution in [-0.2, 0) is 0 Å². The van der Waals surface area contributed by atoms with Crippen LogP contribution in [0.25, 0.3) is 0 Å². The Morgan fingerprint density at radius 3 is 2.58 bits per heavy atom. The van der Waals surface area contributed by atoms with E-state index in [1.54, 1.807) is 13.8 Å². The summed E-state index contributed by atoms with van der Waals surface area (Å²) >= 11 is 0. The molecular weight excluding hydrogens is 250 g/mol. The summed E-state index contributed by atoms with van der Waals surface area (Å²) in [7, 11) is 1.48. The summed E-state index contributed by atoms with van der Waals surface area (Å²) in [6, 6.07) is 4.04. The van der Waals surface area contributed by atoms with Gasteiger partial charge in [-0.05, 0) is 26.0 Å². The molecule has 1 aromatic carbocycles. The maximum absolute atomic E-state index is 11.5. The van der Waals surface area contributed by atoms with Crippen LogP contribution in [0.15, 0.2) is 18.2 Å². The first-order valence-corrected chi connectivity index (χ1v) is 5.70. The number of aliphatic hydroxyl groups excluding tert-OH is 1. The van der Waals surface area contributed by atoms with Gasteiger partial charge >= 0.3 is 0 Å². The zero-order valence-electron chi connectivity index (χ0n) is 11.1. The summed E-state index contributed by atoms with van der Waals surface area (Å²) in [6.07, 6.45) is 0. The Hall–Kier alpha value is -2.15. The molecule has 0 aliphatic rings. The highest BCUT2D eigenvalue weighted by atomic mass is 16.6. The number of nitro groups is 1. The van der Waals surface area contributed by atoms with Crippen molar-refractivity contribution in [2.75, 3.05) is 19.0 Å². The number of carbonyl (C=O) groups is 1. The van der Waals surface area contributed by atoms with Crippen LogP contribution in [-0.4, -0.2) is 35.1 Å². The van der Waals surface area contributed by atoms with E-state index in [1.165, 1.54) is 25.2 Å². The van der Waals surface area contributed by atoms with Crippen LogP contribution < -0.4 is 10.6 Å². The maximum Gasteiger partial charge on any atom is 0.292 e. The summed E-state index contributed by atoms with van der Waals surface area (Å²) in [5.41, 5.74) is -0.366. The summed E-state index contributed by atoms with van der Waals surface area (Å²) in [4.78, 5) is 21.9. The standard InChI is InChI=1S/C12H17N3O4/c1-12(2,7-16)14-9-6-8(11(17)13-3)4-5-10(9)15(18)19/h4-6,14,16H,7H2,1-3H3,(H,13,17).